The van der Waals surface area contributed by atoms with Gasteiger partial charge in [0.2, 0.25) is 0 Å². The van der Waals surface area contributed by atoms with E-state index in [-0.39, 0.29) is 24.3 Å². The van der Waals surface area contributed by atoms with Gasteiger partial charge in [0.25, 0.3) is 0 Å². The second-order valence-electron chi connectivity index (χ2n) is 10.4. The van der Waals surface area contributed by atoms with E-state index in [4.69, 9.17) is 10.5 Å². The van der Waals surface area contributed by atoms with Crippen molar-refractivity contribution in [3.63, 3.8) is 0 Å². The molecule has 3 aromatic carbocycles. The second kappa shape index (κ2) is 14.0. The molecule has 41 heavy (non-hydrogen) atoms. The normalized spacial score (nSPS) is 15.1. The summed E-state index contributed by atoms with van der Waals surface area (Å²) in [5, 5.41) is 2.54. The predicted octanol–water partition coefficient (Wildman–Crippen LogP) is 4.85. The standard InChI is InChI=1S/C30H36AsF3N2O4S/c1-4-15-31(41(3,38)39)26-17-23(20-40-21-29(2,35)19-22-11-7-5-8-12-22)16-25(18-26)28(37)36-27(30(32,33)34)24-13-9-6-10-14-24/h5-14,16-18,27H,4,15,19-21,35H2,1-3H3,(H,36,37). The molecule has 3 N–H and O–H groups in total. The van der Waals surface area contributed by atoms with Gasteiger partial charge >= 0.3 is 244 Å². The first kappa shape index (κ1) is 32.9. The molecule has 0 saturated heterocycles. The third-order valence-corrected chi connectivity index (χ3v) is 17.7. The van der Waals surface area contributed by atoms with Gasteiger partial charge in [-0.2, -0.15) is 0 Å². The van der Waals surface area contributed by atoms with Crippen molar-refractivity contribution in [1.82, 2.24) is 5.32 Å². The molecule has 0 aliphatic heterocycles. The quantitative estimate of drug-likeness (QED) is 0.258. The predicted molar refractivity (Wildman–Crippen MR) is 157 cm³/mol. The molecule has 6 nitrogen and oxygen atoms in total. The van der Waals surface area contributed by atoms with Gasteiger partial charge in [-0.15, -0.1) is 0 Å². The van der Waals surface area contributed by atoms with Crippen LogP contribution >= 0.6 is 0 Å². The zero-order valence-corrected chi connectivity index (χ0v) is 26.0. The fourth-order valence-electron chi connectivity index (χ4n) is 4.45. The average Bonchev–Trinajstić information content (AvgIpc) is 2.89. The molecule has 11 heteroatoms. The van der Waals surface area contributed by atoms with Crippen LogP contribution in [0.25, 0.3) is 0 Å². The van der Waals surface area contributed by atoms with Crippen LogP contribution in [0.5, 0.6) is 0 Å². The van der Waals surface area contributed by atoms with E-state index in [9.17, 15) is 26.4 Å². The van der Waals surface area contributed by atoms with Gasteiger partial charge in [-0.25, -0.2) is 0 Å². The summed E-state index contributed by atoms with van der Waals surface area (Å²) in [4.78, 5) is 13.2. The first-order valence-corrected chi connectivity index (χ1v) is 19.6. The van der Waals surface area contributed by atoms with Crippen molar-refractivity contribution in [3.8, 4) is 0 Å². The minimum absolute atomic E-state index is 0.00914. The van der Waals surface area contributed by atoms with Crippen LogP contribution in [0.2, 0.25) is 5.21 Å². The number of nitrogens with two attached hydrogens (primary N) is 1. The number of halogens is 3. The molecule has 0 aliphatic carbocycles. The molecule has 0 saturated carbocycles. The Bertz CT molecular complexity index is 1400. The molecule has 0 aromatic heterocycles. The topological polar surface area (TPSA) is 98.5 Å². The SMILES string of the molecule is CCC[As](c1cc(COCC(C)(N)Cc2ccccc2)cc(C(=O)NC(c2ccccc2)C(F)(F)F)c1)S(C)(=O)=O. The summed E-state index contributed by atoms with van der Waals surface area (Å²) in [6, 6.07) is 19.1. The molecule has 0 aliphatic rings. The van der Waals surface area contributed by atoms with Gasteiger partial charge in [0.1, 0.15) is 0 Å². The molecular formula is C30H36AsF3N2O4S. The molecule has 3 atom stereocenters. The van der Waals surface area contributed by atoms with E-state index in [1.54, 1.807) is 12.1 Å². The molecule has 3 unspecified atom stereocenters. The monoisotopic (exact) mass is 652 g/mol. The van der Waals surface area contributed by atoms with Crippen molar-refractivity contribution < 1.29 is 31.1 Å². The van der Waals surface area contributed by atoms with Crippen molar-refractivity contribution in [3.05, 3.63) is 101 Å². The number of alkyl halides is 3. The maximum atomic E-state index is 13.9. The Balaban J connectivity index is 1.90. The third kappa shape index (κ3) is 9.99. The molecule has 0 fully saturated rings. The number of amides is 1. The summed E-state index contributed by atoms with van der Waals surface area (Å²) in [6.45, 7) is 3.90. The van der Waals surface area contributed by atoms with Crippen molar-refractivity contribution in [2.45, 2.75) is 56.3 Å². The Kier molecular flexibility index (Phi) is 11.2. The van der Waals surface area contributed by atoms with Gasteiger partial charge in [0, 0.05) is 0 Å². The van der Waals surface area contributed by atoms with Crippen LogP contribution in [0.3, 0.4) is 0 Å². The number of rotatable bonds is 13. The van der Waals surface area contributed by atoms with E-state index < -0.39 is 45.3 Å². The van der Waals surface area contributed by atoms with Crippen LogP contribution in [0.1, 0.15) is 53.4 Å². The molecule has 0 radical (unpaired) electrons. The molecule has 1 amide bonds. The van der Waals surface area contributed by atoms with E-state index in [0.29, 0.717) is 28.0 Å². The summed E-state index contributed by atoms with van der Waals surface area (Å²) in [6.07, 6.45) is -2.40. The molecule has 0 bridgehead atoms. The van der Waals surface area contributed by atoms with Crippen LogP contribution in [0.15, 0.2) is 78.9 Å². The third-order valence-electron chi connectivity index (χ3n) is 6.24. The Hall–Kier alpha value is -2.65. The van der Waals surface area contributed by atoms with Gasteiger partial charge in [0.15, 0.2) is 0 Å². The van der Waals surface area contributed by atoms with Crippen molar-refractivity contribution >= 4 is 31.9 Å². The first-order chi connectivity index (χ1) is 19.2. The van der Waals surface area contributed by atoms with Crippen molar-refractivity contribution in [2.24, 2.45) is 5.73 Å². The summed E-state index contributed by atoms with van der Waals surface area (Å²) in [5.74, 6) is -0.953. The van der Waals surface area contributed by atoms with Gasteiger partial charge in [-0.1, -0.05) is 0 Å². The molecule has 0 spiro atoms. The van der Waals surface area contributed by atoms with Crippen LogP contribution in [0, 0.1) is 0 Å². The number of benzene rings is 3. The minimum atomic E-state index is -4.74. The summed E-state index contributed by atoms with van der Waals surface area (Å²) < 4.78 is 73.6. The Morgan fingerprint density at radius 3 is 2.17 bits per heavy atom. The van der Waals surface area contributed by atoms with E-state index in [1.807, 2.05) is 44.2 Å². The van der Waals surface area contributed by atoms with Crippen LogP contribution in [-0.2, 0) is 25.9 Å². The zero-order chi connectivity index (χ0) is 30.3. The zero-order valence-electron chi connectivity index (χ0n) is 23.3. The summed E-state index contributed by atoms with van der Waals surface area (Å²) >= 11 is -2.72. The average molecular weight is 653 g/mol. The number of nitrogens with one attached hydrogen (secondary N) is 1. The van der Waals surface area contributed by atoms with E-state index in [2.05, 4.69) is 5.32 Å². The van der Waals surface area contributed by atoms with Crippen LogP contribution < -0.4 is 15.4 Å². The molecule has 0 heterocycles. The molecular weight excluding hydrogens is 616 g/mol. The van der Waals surface area contributed by atoms with Crippen LogP contribution in [0.4, 0.5) is 13.2 Å². The number of hydrogen-bond donors (Lipinski definition) is 2. The Morgan fingerprint density at radius 2 is 1.61 bits per heavy atom. The van der Waals surface area contributed by atoms with Gasteiger partial charge in [-0.05, 0) is 0 Å². The molecule has 3 aromatic rings. The number of carbonyl (C=O) groups is 1. The Morgan fingerprint density at radius 1 is 1.00 bits per heavy atom. The Labute approximate surface area is 243 Å². The van der Waals surface area contributed by atoms with E-state index in [1.165, 1.54) is 42.7 Å². The van der Waals surface area contributed by atoms with Gasteiger partial charge in [0.05, 0.1) is 0 Å². The fraction of sp³-hybridized carbons (Fsp3) is 0.367. The van der Waals surface area contributed by atoms with E-state index >= 15 is 0 Å². The van der Waals surface area contributed by atoms with Crippen molar-refractivity contribution in [1.29, 1.82) is 0 Å². The fourth-order valence-corrected chi connectivity index (χ4v) is 13.8. The first-order valence-electron chi connectivity index (χ1n) is 13.1. The van der Waals surface area contributed by atoms with Crippen molar-refractivity contribution in [2.75, 3.05) is 12.9 Å². The summed E-state index contributed by atoms with van der Waals surface area (Å²) in [7, 11) is -3.43. The van der Waals surface area contributed by atoms with Crippen LogP contribution in [-0.4, -0.2) is 52.4 Å². The molecule has 222 valence electrons. The number of hydrogen-bond acceptors (Lipinski definition) is 5. The summed E-state index contributed by atoms with van der Waals surface area (Å²) in [5.41, 5.74) is 7.12. The number of ether oxygens (including phenoxy) is 1. The van der Waals surface area contributed by atoms with E-state index in [0.717, 1.165) is 5.56 Å². The van der Waals surface area contributed by atoms with Gasteiger partial charge in [-0.3, -0.25) is 0 Å². The van der Waals surface area contributed by atoms with Gasteiger partial charge < -0.3 is 0 Å². The second-order valence-corrected chi connectivity index (χ2v) is 21.9. The molecule has 3 rings (SSSR count). The number of carbonyl (C=O) groups excluding carboxylic acids is 1. The maximum absolute atomic E-state index is 13.9.